The molecule has 2 atom stereocenters. The molecule has 0 spiro atoms. The molecule has 1 aromatic rings. The number of sulfonamides is 1. The summed E-state index contributed by atoms with van der Waals surface area (Å²) in [5, 5.41) is 20.2. The summed E-state index contributed by atoms with van der Waals surface area (Å²) in [6, 6.07) is -0.400. The first-order valence-corrected chi connectivity index (χ1v) is 8.45. The van der Waals surface area contributed by atoms with Crippen LogP contribution < -0.4 is 4.72 Å². The Morgan fingerprint density at radius 3 is 2.55 bits per heavy atom. The number of carbonyl (C=O) groups is 1. The number of hydrogen-bond donors (Lipinski definition) is 3. The van der Waals surface area contributed by atoms with Crippen molar-refractivity contribution in [2.45, 2.75) is 44.2 Å². The fourth-order valence-electron chi connectivity index (χ4n) is 2.26. The second-order valence-corrected chi connectivity index (χ2v) is 8.16. The van der Waals surface area contributed by atoms with Crippen molar-refractivity contribution in [3.63, 3.8) is 0 Å². The minimum absolute atomic E-state index is 0.174. The van der Waals surface area contributed by atoms with Crippen molar-refractivity contribution in [1.82, 2.24) is 4.72 Å². The summed E-state index contributed by atoms with van der Waals surface area (Å²) in [7, 11) is -3.91. The van der Waals surface area contributed by atoms with Crippen LogP contribution in [0.1, 0.15) is 35.5 Å². The number of rotatable bonds is 4. The van der Waals surface area contributed by atoms with E-state index in [2.05, 4.69) is 4.72 Å². The first kappa shape index (κ1) is 15.4. The molecule has 8 heteroatoms. The quantitative estimate of drug-likeness (QED) is 0.773. The Morgan fingerprint density at radius 1 is 1.50 bits per heavy atom. The van der Waals surface area contributed by atoms with Crippen LogP contribution in [0.25, 0.3) is 0 Å². The number of carboxylic acid groups (broad SMARTS) is 1. The maximum atomic E-state index is 12.4. The SMILES string of the molecule is Cc1csc(C(=O)O)c1S(=O)(=O)NC1CC(O)C1(C)C. The molecule has 0 saturated heterocycles. The molecule has 2 rings (SSSR count). The molecule has 3 N–H and O–H groups in total. The van der Waals surface area contributed by atoms with Gasteiger partial charge in [0, 0.05) is 11.5 Å². The molecule has 1 fully saturated rings. The van der Waals surface area contributed by atoms with Gasteiger partial charge in [0.1, 0.15) is 9.77 Å². The number of carboxylic acids is 1. The number of aliphatic hydroxyl groups is 1. The number of aromatic carboxylic acids is 1. The number of nitrogens with one attached hydrogen (secondary N) is 1. The smallest absolute Gasteiger partial charge is 0.347 e. The molecule has 2 unspecified atom stereocenters. The van der Waals surface area contributed by atoms with Crippen molar-refractivity contribution in [1.29, 1.82) is 0 Å². The van der Waals surface area contributed by atoms with Crippen LogP contribution in [-0.2, 0) is 10.0 Å². The summed E-state index contributed by atoms with van der Waals surface area (Å²) < 4.78 is 27.3. The van der Waals surface area contributed by atoms with E-state index in [9.17, 15) is 18.3 Å². The molecule has 20 heavy (non-hydrogen) atoms. The zero-order valence-electron chi connectivity index (χ0n) is 11.4. The third-order valence-electron chi connectivity index (χ3n) is 3.89. The van der Waals surface area contributed by atoms with Crippen molar-refractivity contribution in [2.75, 3.05) is 0 Å². The molecule has 0 aliphatic heterocycles. The van der Waals surface area contributed by atoms with Gasteiger partial charge in [-0.2, -0.15) is 0 Å². The molecule has 1 aromatic heterocycles. The number of hydrogen-bond acceptors (Lipinski definition) is 5. The average molecular weight is 319 g/mol. The zero-order valence-corrected chi connectivity index (χ0v) is 13.0. The van der Waals surface area contributed by atoms with Crippen LogP contribution in [0, 0.1) is 12.3 Å². The fraction of sp³-hybridized carbons (Fsp3) is 0.583. The minimum atomic E-state index is -3.91. The lowest BCUT2D eigenvalue weighted by Crippen LogP contribution is -2.61. The van der Waals surface area contributed by atoms with Crippen molar-refractivity contribution in [3.05, 3.63) is 15.8 Å². The highest BCUT2D eigenvalue weighted by molar-refractivity contribution is 7.89. The third-order valence-corrected chi connectivity index (χ3v) is 6.77. The predicted molar refractivity (Wildman–Crippen MR) is 74.5 cm³/mol. The molecule has 1 saturated carbocycles. The van der Waals surface area contributed by atoms with Gasteiger partial charge in [-0.05, 0) is 24.3 Å². The predicted octanol–water partition coefficient (Wildman–Crippen LogP) is 1.19. The highest BCUT2D eigenvalue weighted by atomic mass is 32.2. The molecule has 6 nitrogen and oxygen atoms in total. The van der Waals surface area contributed by atoms with Crippen molar-refractivity contribution < 1.29 is 23.4 Å². The Kier molecular flexibility index (Phi) is 3.70. The molecular formula is C12H17NO5S2. The number of aliphatic hydroxyl groups excluding tert-OH is 1. The lowest BCUT2D eigenvalue weighted by molar-refractivity contribution is -0.0645. The molecule has 1 aliphatic rings. The van der Waals surface area contributed by atoms with Gasteiger partial charge in [0.25, 0.3) is 0 Å². The number of thiophene rings is 1. The highest BCUT2D eigenvalue weighted by Crippen LogP contribution is 2.41. The minimum Gasteiger partial charge on any atom is -0.477 e. The first-order chi connectivity index (χ1) is 9.07. The molecule has 0 bridgehead atoms. The van der Waals surface area contributed by atoms with Gasteiger partial charge in [0.05, 0.1) is 6.10 Å². The van der Waals surface area contributed by atoms with Crippen LogP contribution in [0.5, 0.6) is 0 Å². The van der Waals surface area contributed by atoms with Crippen molar-refractivity contribution in [2.24, 2.45) is 5.41 Å². The molecular weight excluding hydrogens is 302 g/mol. The molecule has 112 valence electrons. The van der Waals surface area contributed by atoms with Gasteiger partial charge >= 0.3 is 5.97 Å². The fourth-order valence-corrected chi connectivity index (χ4v) is 5.30. The maximum Gasteiger partial charge on any atom is 0.347 e. The van der Waals surface area contributed by atoms with Crippen LogP contribution in [-0.4, -0.2) is 36.7 Å². The summed E-state index contributed by atoms with van der Waals surface area (Å²) in [4.78, 5) is 10.7. The molecule has 1 heterocycles. The van der Waals surface area contributed by atoms with Crippen molar-refractivity contribution >= 4 is 27.3 Å². The monoisotopic (exact) mass is 319 g/mol. The molecule has 0 aromatic carbocycles. The van der Waals surface area contributed by atoms with Gasteiger partial charge < -0.3 is 10.2 Å². The van der Waals surface area contributed by atoms with Gasteiger partial charge in [0.2, 0.25) is 10.0 Å². The van der Waals surface area contributed by atoms with E-state index in [1.165, 1.54) is 5.38 Å². The van der Waals surface area contributed by atoms with Gasteiger partial charge in [0.15, 0.2) is 0 Å². The standard InChI is InChI=1S/C12H17NO5S2/c1-6-5-19-9(11(15)16)10(6)20(17,18)13-7-4-8(14)12(7,2)3/h5,7-8,13-14H,4H2,1-3H3,(H,15,16). The van der Waals surface area contributed by atoms with E-state index in [1.807, 2.05) is 0 Å². The van der Waals surface area contributed by atoms with E-state index in [1.54, 1.807) is 20.8 Å². The summed E-state index contributed by atoms with van der Waals surface area (Å²) in [5.41, 5.74) is -0.141. The van der Waals surface area contributed by atoms with E-state index in [-0.39, 0.29) is 9.77 Å². The highest BCUT2D eigenvalue weighted by Gasteiger charge is 2.49. The lowest BCUT2D eigenvalue weighted by atomic mass is 9.65. The third kappa shape index (κ3) is 2.37. The van der Waals surface area contributed by atoms with Gasteiger partial charge in [-0.25, -0.2) is 17.9 Å². The Bertz CT molecular complexity index is 647. The summed E-state index contributed by atoms with van der Waals surface area (Å²) in [6.45, 7) is 5.11. The van der Waals surface area contributed by atoms with E-state index in [0.717, 1.165) is 11.3 Å². The van der Waals surface area contributed by atoms with Gasteiger partial charge in [-0.3, -0.25) is 0 Å². The maximum absolute atomic E-state index is 12.4. The van der Waals surface area contributed by atoms with Gasteiger partial charge in [-0.15, -0.1) is 11.3 Å². The largest absolute Gasteiger partial charge is 0.477 e. The van der Waals surface area contributed by atoms with Crippen LogP contribution in [0.4, 0.5) is 0 Å². The normalized spacial score (nSPS) is 25.2. The second-order valence-electron chi connectivity index (χ2n) is 5.63. The van der Waals surface area contributed by atoms with Gasteiger partial charge in [-0.1, -0.05) is 13.8 Å². The van der Waals surface area contributed by atoms with Crippen LogP contribution in [0.3, 0.4) is 0 Å². The van der Waals surface area contributed by atoms with E-state index in [0.29, 0.717) is 12.0 Å². The van der Waals surface area contributed by atoms with E-state index < -0.39 is 33.6 Å². The molecule has 0 radical (unpaired) electrons. The Balaban J connectivity index is 2.33. The van der Waals surface area contributed by atoms with Crippen molar-refractivity contribution in [3.8, 4) is 0 Å². The molecule has 1 aliphatic carbocycles. The van der Waals surface area contributed by atoms with Crippen LogP contribution in [0.2, 0.25) is 0 Å². The lowest BCUT2D eigenvalue weighted by Gasteiger charge is -2.49. The summed E-state index contributed by atoms with van der Waals surface area (Å²) >= 11 is 0.896. The van der Waals surface area contributed by atoms with Crippen LogP contribution in [0.15, 0.2) is 10.3 Å². The second kappa shape index (κ2) is 4.80. The Hall–Kier alpha value is -0.960. The van der Waals surface area contributed by atoms with E-state index >= 15 is 0 Å². The zero-order chi connectivity index (χ0) is 15.3. The topological polar surface area (TPSA) is 104 Å². The first-order valence-electron chi connectivity index (χ1n) is 6.09. The summed E-state index contributed by atoms with van der Waals surface area (Å²) in [6.07, 6.45) is -0.227. The molecule has 0 amide bonds. The Morgan fingerprint density at radius 2 is 2.10 bits per heavy atom. The summed E-state index contributed by atoms with van der Waals surface area (Å²) in [5.74, 6) is -1.25. The van der Waals surface area contributed by atoms with Crippen LogP contribution >= 0.6 is 11.3 Å². The number of aryl methyl sites for hydroxylation is 1. The Labute approximate surface area is 121 Å². The van der Waals surface area contributed by atoms with E-state index in [4.69, 9.17) is 5.11 Å². The average Bonchev–Trinajstić information content (AvgIpc) is 2.71.